The van der Waals surface area contributed by atoms with E-state index in [4.69, 9.17) is 5.11 Å². The minimum Gasteiger partial charge on any atom is -0.481 e. The molecule has 1 heterocycles. The van der Waals surface area contributed by atoms with Gasteiger partial charge in [-0.25, -0.2) is 4.39 Å². The van der Waals surface area contributed by atoms with Crippen molar-refractivity contribution >= 4 is 22.8 Å². The Hall–Kier alpha value is -2.37. The fourth-order valence-electron chi connectivity index (χ4n) is 2.11. The molecule has 0 aliphatic heterocycles. The van der Waals surface area contributed by atoms with Crippen molar-refractivity contribution in [3.05, 3.63) is 35.3 Å². The predicted molar refractivity (Wildman–Crippen MR) is 72.2 cm³/mol. The van der Waals surface area contributed by atoms with Crippen molar-refractivity contribution in [2.45, 2.75) is 26.3 Å². The highest BCUT2D eigenvalue weighted by Gasteiger charge is 2.15. The molecule has 3 N–H and O–H groups in total. The summed E-state index contributed by atoms with van der Waals surface area (Å²) in [5, 5.41) is 12.0. The summed E-state index contributed by atoms with van der Waals surface area (Å²) in [6.45, 7) is 3.37. The van der Waals surface area contributed by atoms with Crippen molar-refractivity contribution in [2.75, 3.05) is 0 Å². The summed E-state index contributed by atoms with van der Waals surface area (Å²) in [4.78, 5) is 25.4. The first kappa shape index (κ1) is 14.0. The Morgan fingerprint density at radius 3 is 2.75 bits per heavy atom. The Morgan fingerprint density at radius 1 is 1.40 bits per heavy atom. The maximum absolute atomic E-state index is 13.3. The van der Waals surface area contributed by atoms with Crippen molar-refractivity contribution in [1.29, 1.82) is 0 Å². The summed E-state index contributed by atoms with van der Waals surface area (Å²) in [6, 6.07) is 3.86. The number of benzene rings is 1. The number of carboxylic acid groups (broad SMARTS) is 1. The molecule has 1 aromatic carbocycles. The predicted octanol–water partition coefficient (Wildman–Crippen LogP) is 2.21. The molecule has 0 radical (unpaired) electrons. The van der Waals surface area contributed by atoms with Gasteiger partial charge in [-0.05, 0) is 37.6 Å². The largest absolute Gasteiger partial charge is 0.481 e. The van der Waals surface area contributed by atoms with Crippen LogP contribution in [0.1, 0.15) is 29.4 Å². The number of aromatic nitrogens is 1. The van der Waals surface area contributed by atoms with Gasteiger partial charge in [-0.1, -0.05) is 0 Å². The minimum absolute atomic E-state index is 0.153. The van der Waals surface area contributed by atoms with Gasteiger partial charge in [0.05, 0.1) is 6.42 Å². The number of carbonyl (C=O) groups excluding carboxylic acids is 1. The third-order valence-corrected chi connectivity index (χ3v) is 3.01. The minimum atomic E-state index is -0.979. The molecule has 1 atom stereocenters. The highest BCUT2D eigenvalue weighted by Crippen LogP contribution is 2.21. The lowest BCUT2D eigenvalue weighted by molar-refractivity contribution is -0.137. The van der Waals surface area contributed by atoms with Crippen LogP contribution in [0.5, 0.6) is 0 Å². The van der Waals surface area contributed by atoms with Gasteiger partial charge in [0, 0.05) is 16.9 Å². The number of aryl methyl sites for hydroxylation is 1. The summed E-state index contributed by atoms with van der Waals surface area (Å²) in [5.41, 5.74) is 1.55. The molecule has 6 heteroatoms. The number of nitrogens with one attached hydrogen (secondary N) is 2. The fraction of sp³-hybridized carbons (Fsp3) is 0.286. The smallest absolute Gasteiger partial charge is 0.305 e. The summed E-state index contributed by atoms with van der Waals surface area (Å²) >= 11 is 0. The normalized spacial score (nSPS) is 12.3. The average Bonchev–Trinajstić information content (AvgIpc) is 2.71. The first-order valence-corrected chi connectivity index (χ1v) is 6.18. The van der Waals surface area contributed by atoms with Crippen LogP contribution in [0.2, 0.25) is 0 Å². The zero-order valence-electron chi connectivity index (χ0n) is 11.2. The van der Waals surface area contributed by atoms with Crippen molar-refractivity contribution < 1.29 is 19.1 Å². The van der Waals surface area contributed by atoms with Gasteiger partial charge in [0.25, 0.3) is 5.91 Å². The van der Waals surface area contributed by atoms with E-state index in [0.29, 0.717) is 5.52 Å². The molecule has 1 unspecified atom stereocenters. The van der Waals surface area contributed by atoms with Crippen molar-refractivity contribution in [3.8, 4) is 0 Å². The molecule has 0 saturated carbocycles. The van der Waals surface area contributed by atoms with Gasteiger partial charge >= 0.3 is 5.97 Å². The summed E-state index contributed by atoms with van der Waals surface area (Å²) in [5.74, 6) is -1.76. The Bertz CT molecular complexity index is 678. The Morgan fingerprint density at radius 2 is 2.10 bits per heavy atom. The number of hydrogen-bond donors (Lipinski definition) is 3. The molecule has 0 saturated heterocycles. The van der Waals surface area contributed by atoms with Crippen LogP contribution in [0.15, 0.2) is 18.2 Å². The summed E-state index contributed by atoms with van der Waals surface area (Å²) < 4.78 is 13.3. The third kappa shape index (κ3) is 2.96. The van der Waals surface area contributed by atoms with E-state index in [2.05, 4.69) is 10.3 Å². The molecular formula is C14H15FN2O3. The van der Waals surface area contributed by atoms with Crippen LogP contribution >= 0.6 is 0 Å². The van der Waals surface area contributed by atoms with Crippen LogP contribution in [-0.4, -0.2) is 28.0 Å². The number of aromatic amines is 1. The van der Waals surface area contributed by atoms with Crippen molar-refractivity contribution in [3.63, 3.8) is 0 Å². The second-order valence-electron chi connectivity index (χ2n) is 4.84. The Kier molecular flexibility index (Phi) is 3.74. The van der Waals surface area contributed by atoms with Gasteiger partial charge < -0.3 is 15.4 Å². The van der Waals surface area contributed by atoms with Gasteiger partial charge in [-0.3, -0.25) is 9.59 Å². The molecular weight excluding hydrogens is 263 g/mol. The number of carboxylic acids is 1. The zero-order chi connectivity index (χ0) is 14.9. The Labute approximate surface area is 114 Å². The lowest BCUT2D eigenvalue weighted by atomic mass is 10.1. The van der Waals surface area contributed by atoms with E-state index in [-0.39, 0.29) is 17.9 Å². The molecule has 2 aromatic rings. The number of fused-ring (bicyclic) bond motifs is 1. The van der Waals surface area contributed by atoms with E-state index in [0.717, 1.165) is 10.9 Å². The number of amides is 1. The maximum atomic E-state index is 13.3. The third-order valence-electron chi connectivity index (χ3n) is 3.01. The number of halogens is 1. The molecule has 0 aliphatic carbocycles. The van der Waals surface area contributed by atoms with E-state index in [1.807, 2.05) is 0 Å². The first-order valence-electron chi connectivity index (χ1n) is 6.18. The topological polar surface area (TPSA) is 82.2 Å². The standard InChI is InChI=1S/C14H15FN2O3/c1-7-3-9(15)5-11-10(7)6-12(17-11)14(20)16-8(2)4-13(18)19/h3,5-6,8,17H,4H2,1-2H3,(H,16,20)(H,18,19). The van der Waals surface area contributed by atoms with Crippen LogP contribution < -0.4 is 5.32 Å². The van der Waals surface area contributed by atoms with Gasteiger partial charge in [-0.2, -0.15) is 0 Å². The zero-order valence-corrected chi connectivity index (χ0v) is 11.2. The van der Waals surface area contributed by atoms with E-state index in [1.54, 1.807) is 19.9 Å². The van der Waals surface area contributed by atoms with Gasteiger partial charge in [0.15, 0.2) is 0 Å². The fourth-order valence-corrected chi connectivity index (χ4v) is 2.11. The van der Waals surface area contributed by atoms with E-state index in [1.165, 1.54) is 12.1 Å². The number of H-pyrrole nitrogens is 1. The van der Waals surface area contributed by atoms with E-state index < -0.39 is 17.9 Å². The quantitative estimate of drug-likeness (QED) is 0.802. The second-order valence-corrected chi connectivity index (χ2v) is 4.84. The SMILES string of the molecule is Cc1cc(F)cc2[nH]c(C(=O)NC(C)CC(=O)O)cc12. The monoisotopic (exact) mass is 278 g/mol. The molecule has 0 bridgehead atoms. The molecule has 0 fully saturated rings. The highest BCUT2D eigenvalue weighted by atomic mass is 19.1. The number of aliphatic carboxylic acids is 1. The van der Waals surface area contributed by atoms with Gasteiger partial charge in [0.2, 0.25) is 0 Å². The van der Waals surface area contributed by atoms with Crippen LogP contribution in [0.25, 0.3) is 10.9 Å². The van der Waals surface area contributed by atoms with Gasteiger partial charge in [0.1, 0.15) is 11.5 Å². The molecule has 5 nitrogen and oxygen atoms in total. The molecule has 2 rings (SSSR count). The number of hydrogen-bond acceptors (Lipinski definition) is 2. The lowest BCUT2D eigenvalue weighted by Crippen LogP contribution is -2.34. The highest BCUT2D eigenvalue weighted by molar-refractivity contribution is 5.99. The molecule has 0 spiro atoms. The van der Waals surface area contributed by atoms with E-state index >= 15 is 0 Å². The van der Waals surface area contributed by atoms with Crippen LogP contribution in [0.3, 0.4) is 0 Å². The molecule has 1 amide bonds. The molecule has 0 aliphatic rings. The molecule has 106 valence electrons. The van der Waals surface area contributed by atoms with Crippen molar-refractivity contribution in [2.24, 2.45) is 0 Å². The van der Waals surface area contributed by atoms with Gasteiger partial charge in [-0.15, -0.1) is 0 Å². The van der Waals surface area contributed by atoms with E-state index in [9.17, 15) is 14.0 Å². The summed E-state index contributed by atoms with van der Waals surface area (Å²) in [7, 11) is 0. The van der Waals surface area contributed by atoms with Crippen LogP contribution in [-0.2, 0) is 4.79 Å². The maximum Gasteiger partial charge on any atom is 0.305 e. The molecule has 20 heavy (non-hydrogen) atoms. The average molecular weight is 278 g/mol. The van der Waals surface area contributed by atoms with Crippen LogP contribution in [0, 0.1) is 12.7 Å². The number of rotatable bonds is 4. The van der Waals surface area contributed by atoms with Crippen molar-refractivity contribution in [1.82, 2.24) is 10.3 Å². The first-order chi connectivity index (χ1) is 9.36. The summed E-state index contributed by atoms with van der Waals surface area (Å²) in [6.07, 6.45) is -0.153. The van der Waals surface area contributed by atoms with Crippen LogP contribution in [0.4, 0.5) is 4.39 Å². The number of carbonyl (C=O) groups is 2. The lowest BCUT2D eigenvalue weighted by Gasteiger charge is -2.10. The molecule has 1 aromatic heterocycles. The second kappa shape index (κ2) is 5.32. The Balaban J connectivity index is 2.23.